The molecule has 3 heterocycles. The number of fused-ring (bicyclic) bond motifs is 1. The van der Waals surface area contributed by atoms with Gasteiger partial charge in [0.05, 0.1) is 12.8 Å². The van der Waals surface area contributed by atoms with Crippen LogP contribution in [0.5, 0.6) is 5.75 Å². The third kappa shape index (κ3) is 5.03. The van der Waals surface area contributed by atoms with Gasteiger partial charge in [-0.15, -0.1) is 0 Å². The molecule has 0 radical (unpaired) electrons. The van der Waals surface area contributed by atoms with Crippen LogP contribution in [0.15, 0.2) is 65.8 Å². The molecule has 0 aliphatic carbocycles. The third-order valence-electron chi connectivity index (χ3n) is 5.99. The number of nitrogens with two attached hydrogens (primary N) is 1. The average molecular weight is 545 g/mol. The summed E-state index contributed by atoms with van der Waals surface area (Å²) in [5, 5.41) is 0.593. The van der Waals surface area contributed by atoms with Gasteiger partial charge in [-0.25, -0.2) is 12.8 Å². The summed E-state index contributed by atoms with van der Waals surface area (Å²) in [5.41, 5.74) is 6.62. The molecule has 1 atom stereocenters. The zero-order chi connectivity index (χ0) is 26.2. The SMILES string of the molecule is NC(=O)c1[nH]c2ccc(Cl)cc2c1S(=O)(=O)N1CCOC(COc2cncc(-c3ccccc3F)c2)C1. The average Bonchev–Trinajstić information content (AvgIpc) is 3.28. The van der Waals surface area contributed by atoms with Crippen LogP contribution in [-0.4, -0.2) is 61.0 Å². The third-order valence-corrected chi connectivity index (χ3v) is 8.18. The number of nitrogens with zero attached hydrogens (tertiary/aromatic N) is 2. The van der Waals surface area contributed by atoms with E-state index in [9.17, 15) is 17.6 Å². The Balaban J connectivity index is 1.35. The zero-order valence-electron chi connectivity index (χ0n) is 19.4. The number of carbonyl (C=O) groups is 1. The van der Waals surface area contributed by atoms with E-state index >= 15 is 0 Å². The number of sulfonamides is 1. The second kappa shape index (κ2) is 10.1. The van der Waals surface area contributed by atoms with Gasteiger partial charge in [0.15, 0.2) is 0 Å². The van der Waals surface area contributed by atoms with E-state index in [-0.39, 0.29) is 48.1 Å². The van der Waals surface area contributed by atoms with Gasteiger partial charge in [0.2, 0.25) is 10.0 Å². The van der Waals surface area contributed by atoms with Crippen molar-refractivity contribution < 1.29 is 27.1 Å². The Hall–Kier alpha value is -3.51. The minimum absolute atomic E-state index is 0.0196. The van der Waals surface area contributed by atoms with Crippen molar-refractivity contribution in [3.05, 3.63) is 77.5 Å². The highest BCUT2D eigenvalue weighted by Gasteiger charge is 2.36. The first kappa shape index (κ1) is 25.2. The number of aromatic amines is 1. The second-order valence-electron chi connectivity index (χ2n) is 8.44. The summed E-state index contributed by atoms with van der Waals surface area (Å²) in [6.07, 6.45) is 2.41. The van der Waals surface area contributed by atoms with Crippen LogP contribution in [0.3, 0.4) is 0 Å². The number of H-pyrrole nitrogens is 1. The van der Waals surface area contributed by atoms with Crippen molar-refractivity contribution in [1.29, 1.82) is 0 Å². The first-order valence-electron chi connectivity index (χ1n) is 11.3. The van der Waals surface area contributed by atoms with Gasteiger partial charge >= 0.3 is 0 Å². The van der Waals surface area contributed by atoms with E-state index < -0.39 is 22.0 Å². The van der Waals surface area contributed by atoms with E-state index in [0.29, 0.717) is 27.4 Å². The van der Waals surface area contributed by atoms with Gasteiger partial charge in [0.25, 0.3) is 5.91 Å². The maximum Gasteiger partial charge on any atom is 0.266 e. The number of hydrogen-bond donors (Lipinski definition) is 2. The number of hydrogen-bond acceptors (Lipinski definition) is 6. The first-order valence-corrected chi connectivity index (χ1v) is 13.1. The highest BCUT2D eigenvalue weighted by atomic mass is 35.5. The number of benzene rings is 2. The highest BCUT2D eigenvalue weighted by Crippen LogP contribution is 2.32. The van der Waals surface area contributed by atoms with Crippen molar-refractivity contribution in [2.75, 3.05) is 26.3 Å². The molecule has 3 N–H and O–H groups in total. The van der Waals surface area contributed by atoms with E-state index in [1.807, 2.05) is 0 Å². The van der Waals surface area contributed by atoms with Gasteiger partial charge in [-0.3, -0.25) is 9.78 Å². The molecule has 4 aromatic rings. The number of amides is 1. The lowest BCUT2D eigenvalue weighted by Crippen LogP contribution is -2.47. The van der Waals surface area contributed by atoms with Gasteiger partial charge in [0, 0.05) is 46.3 Å². The molecule has 1 unspecified atom stereocenters. The number of ether oxygens (including phenoxy) is 2. The number of pyridine rings is 1. The van der Waals surface area contributed by atoms with Crippen molar-refractivity contribution in [3.8, 4) is 16.9 Å². The summed E-state index contributed by atoms with van der Waals surface area (Å²) in [6, 6.07) is 12.6. The Labute approximate surface area is 217 Å². The minimum atomic E-state index is -4.15. The van der Waals surface area contributed by atoms with Crippen molar-refractivity contribution in [1.82, 2.24) is 14.3 Å². The van der Waals surface area contributed by atoms with E-state index in [2.05, 4.69) is 9.97 Å². The molecule has 0 spiro atoms. The van der Waals surface area contributed by atoms with Gasteiger partial charge in [-0.05, 0) is 30.3 Å². The molecule has 1 amide bonds. The summed E-state index contributed by atoms with van der Waals surface area (Å²) in [6.45, 7) is 0.204. The van der Waals surface area contributed by atoms with Crippen LogP contribution in [0.1, 0.15) is 10.5 Å². The Bertz CT molecular complexity index is 1590. The number of halogens is 2. The summed E-state index contributed by atoms with van der Waals surface area (Å²) in [4.78, 5) is 18.8. The maximum atomic E-state index is 14.2. The monoisotopic (exact) mass is 544 g/mol. The number of aromatic nitrogens is 2. The van der Waals surface area contributed by atoms with Crippen LogP contribution in [0.4, 0.5) is 4.39 Å². The Kier molecular flexibility index (Phi) is 6.86. The predicted molar refractivity (Wildman–Crippen MR) is 135 cm³/mol. The van der Waals surface area contributed by atoms with Crippen LogP contribution in [0.25, 0.3) is 22.0 Å². The number of carbonyl (C=O) groups excluding carboxylic acids is 1. The quantitative estimate of drug-likeness (QED) is 0.366. The molecule has 0 saturated carbocycles. The Morgan fingerprint density at radius 3 is 2.84 bits per heavy atom. The van der Waals surface area contributed by atoms with E-state index in [1.54, 1.807) is 36.4 Å². The van der Waals surface area contributed by atoms with E-state index in [4.69, 9.17) is 26.8 Å². The number of rotatable bonds is 7. The van der Waals surface area contributed by atoms with Crippen molar-refractivity contribution in [2.24, 2.45) is 5.73 Å². The number of nitrogens with one attached hydrogen (secondary N) is 1. The van der Waals surface area contributed by atoms with E-state index in [1.165, 1.54) is 28.8 Å². The number of morpholine rings is 1. The smallest absolute Gasteiger partial charge is 0.266 e. The molecule has 9 nitrogen and oxygen atoms in total. The Morgan fingerprint density at radius 2 is 2.05 bits per heavy atom. The van der Waals surface area contributed by atoms with Crippen molar-refractivity contribution >= 4 is 38.4 Å². The van der Waals surface area contributed by atoms with Gasteiger partial charge < -0.3 is 20.2 Å². The van der Waals surface area contributed by atoms with E-state index in [0.717, 1.165) is 0 Å². The van der Waals surface area contributed by atoms with Crippen molar-refractivity contribution in [3.63, 3.8) is 0 Å². The summed E-state index contributed by atoms with van der Waals surface area (Å²) < 4.78 is 54.3. The van der Waals surface area contributed by atoms with Gasteiger partial charge in [0.1, 0.15) is 34.9 Å². The molecule has 2 aromatic carbocycles. The summed E-state index contributed by atoms with van der Waals surface area (Å²) in [7, 11) is -4.15. The minimum Gasteiger partial charge on any atom is -0.489 e. The lowest BCUT2D eigenvalue weighted by atomic mass is 10.1. The number of primary amides is 1. The fourth-order valence-corrected chi connectivity index (χ4v) is 6.22. The molecular formula is C25H22ClFN4O5S. The molecule has 2 aromatic heterocycles. The summed E-state index contributed by atoms with van der Waals surface area (Å²) >= 11 is 6.10. The standard InChI is InChI=1S/C25H22ClFN4O5S/c26-16-5-6-22-20(10-16)24(23(30-22)25(28)32)37(33,34)31-7-8-35-18(13-31)14-36-17-9-15(11-29-12-17)19-3-1-2-4-21(19)27/h1-6,9-12,18,30H,7-8,13-14H2,(H2,28,32). The van der Waals surface area contributed by atoms with Crippen LogP contribution in [-0.2, 0) is 14.8 Å². The first-order chi connectivity index (χ1) is 17.7. The predicted octanol–water partition coefficient (Wildman–Crippen LogP) is 3.59. The second-order valence-corrected chi connectivity index (χ2v) is 10.8. The zero-order valence-corrected chi connectivity index (χ0v) is 20.9. The van der Waals surface area contributed by atoms with Crippen LogP contribution in [0.2, 0.25) is 5.02 Å². The molecule has 12 heteroatoms. The molecule has 1 saturated heterocycles. The molecule has 5 rings (SSSR count). The highest BCUT2D eigenvalue weighted by molar-refractivity contribution is 7.89. The fraction of sp³-hybridized carbons (Fsp3) is 0.200. The molecule has 192 valence electrons. The Morgan fingerprint density at radius 1 is 1.24 bits per heavy atom. The normalized spacial score (nSPS) is 16.6. The lowest BCUT2D eigenvalue weighted by Gasteiger charge is -2.32. The molecule has 1 aliphatic heterocycles. The van der Waals surface area contributed by atoms with Crippen LogP contribution < -0.4 is 10.5 Å². The molecule has 37 heavy (non-hydrogen) atoms. The van der Waals surface area contributed by atoms with Gasteiger partial charge in [-0.1, -0.05) is 29.8 Å². The fourth-order valence-electron chi connectivity index (χ4n) is 4.25. The molecule has 1 fully saturated rings. The van der Waals surface area contributed by atoms with Crippen LogP contribution >= 0.6 is 11.6 Å². The van der Waals surface area contributed by atoms with Crippen LogP contribution in [0, 0.1) is 5.82 Å². The lowest BCUT2D eigenvalue weighted by molar-refractivity contribution is -0.0249. The van der Waals surface area contributed by atoms with Gasteiger partial charge in [-0.2, -0.15) is 4.31 Å². The maximum absolute atomic E-state index is 14.2. The molecule has 1 aliphatic rings. The largest absolute Gasteiger partial charge is 0.489 e. The topological polar surface area (TPSA) is 128 Å². The molecule has 0 bridgehead atoms. The van der Waals surface area contributed by atoms with Crippen molar-refractivity contribution in [2.45, 2.75) is 11.0 Å². The summed E-state index contributed by atoms with van der Waals surface area (Å²) in [5.74, 6) is -0.903. The molecular weight excluding hydrogens is 523 g/mol.